The standard InChI is InChI=1S/C6H6O5S2/c7-4-1-3(12)2-5(6(4)8)13(9,10)11/h1-2,7-8,12H,(H,9,10,11). The number of rotatable bonds is 1. The monoisotopic (exact) mass is 222 g/mol. The van der Waals surface area contributed by atoms with Gasteiger partial charge in [-0.25, -0.2) is 0 Å². The van der Waals surface area contributed by atoms with E-state index in [2.05, 4.69) is 12.6 Å². The number of hydrogen-bond donors (Lipinski definition) is 4. The summed E-state index contributed by atoms with van der Waals surface area (Å²) in [5.41, 5.74) is 0. The number of benzene rings is 1. The van der Waals surface area contributed by atoms with Crippen LogP contribution in [0.3, 0.4) is 0 Å². The zero-order chi connectivity index (χ0) is 10.2. The predicted molar refractivity (Wildman–Crippen MR) is 46.8 cm³/mol. The van der Waals surface area contributed by atoms with Gasteiger partial charge in [-0.15, -0.1) is 12.6 Å². The molecule has 3 N–H and O–H groups in total. The highest BCUT2D eigenvalue weighted by Crippen LogP contribution is 2.34. The molecule has 72 valence electrons. The van der Waals surface area contributed by atoms with Crippen LogP contribution in [0.25, 0.3) is 0 Å². The van der Waals surface area contributed by atoms with Crippen LogP contribution in [0.4, 0.5) is 0 Å². The summed E-state index contributed by atoms with van der Waals surface area (Å²) in [7, 11) is -4.54. The van der Waals surface area contributed by atoms with E-state index >= 15 is 0 Å². The molecule has 0 fully saturated rings. The second-order valence-corrected chi connectivity index (χ2v) is 4.19. The van der Waals surface area contributed by atoms with E-state index in [9.17, 15) is 8.42 Å². The Balaban J connectivity index is 3.56. The van der Waals surface area contributed by atoms with Crippen LogP contribution in [0.15, 0.2) is 21.9 Å². The molecule has 5 nitrogen and oxygen atoms in total. The molecule has 0 saturated heterocycles. The van der Waals surface area contributed by atoms with Crippen LogP contribution < -0.4 is 0 Å². The maximum atomic E-state index is 10.6. The Morgan fingerprint density at radius 3 is 2.23 bits per heavy atom. The Kier molecular flexibility index (Phi) is 2.42. The number of aromatic hydroxyl groups is 2. The van der Waals surface area contributed by atoms with Crippen LogP contribution in [0.1, 0.15) is 0 Å². The summed E-state index contributed by atoms with van der Waals surface area (Å²) in [6, 6.07) is 1.97. The predicted octanol–water partition coefficient (Wildman–Crippen LogP) is 0.633. The van der Waals surface area contributed by atoms with E-state index in [1.807, 2.05) is 0 Å². The fourth-order valence-electron chi connectivity index (χ4n) is 0.776. The summed E-state index contributed by atoms with van der Waals surface area (Å²) in [6.45, 7) is 0. The van der Waals surface area contributed by atoms with Crippen molar-refractivity contribution in [2.45, 2.75) is 9.79 Å². The summed E-state index contributed by atoms with van der Waals surface area (Å²) in [5.74, 6) is -1.54. The molecule has 0 atom stereocenters. The summed E-state index contributed by atoms with van der Waals surface area (Å²) in [4.78, 5) is -0.652. The van der Waals surface area contributed by atoms with Crippen molar-refractivity contribution in [3.63, 3.8) is 0 Å². The highest BCUT2D eigenvalue weighted by atomic mass is 32.2. The molecule has 0 bridgehead atoms. The van der Waals surface area contributed by atoms with Gasteiger partial charge in [0.15, 0.2) is 11.5 Å². The summed E-state index contributed by atoms with van der Waals surface area (Å²) < 4.78 is 29.8. The van der Waals surface area contributed by atoms with Gasteiger partial charge in [-0.1, -0.05) is 0 Å². The van der Waals surface area contributed by atoms with Crippen LogP contribution in [-0.2, 0) is 10.1 Å². The lowest BCUT2D eigenvalue weighted by Gasteiger charge is -2.03. The van der Waals surface area contributed by atoms with Gasteiger partial charge >= 0.3 is 0 Å². The number of thiol groups is 1. The highest BCUT2D eigenvalue weighted by molar-refractivity contribution is 7.86. The van der Waals surface area contributed by atoms with Gasteiger partial charge in [0.1, 0.15) is 4.90 Å². The Labute approximate surface area is 79.8 Å². The third kappa shape index (κ3) is 2.06. The Morgan fingerprint density at radius 2 is 1.77 bits per heavy atom. The van der Waals surface area contributed by atoms with E-state index in [1.165, 1.54) is 0 Å². The molecule has 0 aliphatic heterocycles. The molecule has 1 aromatic rings. The van der Waals surface area contributed by atoms with E-state index in [0.717, 1.165) is 12.1 Å². The average molecular weight is 222 g/mol. The molecule has 0 aliphatic rings. The maximum Gasteiger partial charge on any atom is 0.298 e. The number of phenols is 2. The van der Waals surface area contributed by atoms with E-state index in [1.54, 1.807) is 0 Å². The highest BCUT2D eigenvalue weighted by Gasteiger charge is 2.18. The van der Waals surface area contributed by atoms with Crippen LogP contribution in [0, 0.1) is 0 Å². The topological polar surface area (TPSA) is 94.8 Å². The minimum Gasteiger partial charge on any atom is -0.504 e. The van der Waals surface area contributed by atoms with Gasteiger partial charge in [0.2, 0.25) is 0 Å². The molecule has 1 rings (SSSR count). The molecule has 7 heteroatoms. The average Bonchev–Trinajstić information content (AvgIpc) is 1.94. The van der Waals surface area contributed by atoms with Crippen molar-refractivity contribution < 1.29 is 23.2 Å². The number of phenolic OH excluding ortho intramolecular Hbond substituents is 2. The van der Waals surface area contributed by atoms with Crippen molar-refractivity contribution in [1.82, 2.24) is 0 Å². The van der Waals surface area contributed by atoms with Crippen LogP contribution in [0.2, 0.25) is 0 Å². The first-order valence-electron chi connectivity index (χ1n) is 3.05. The fraction of sp³-hybridized carbons (Fsp3) is 0. The van der Waals surface area contributed by atoms with Crippen molar-refractivity contribution in [3.05, 3.63) is 12.1 Å². The molecule has 0 heterocycles. The van der Waals surface area contributed by atoms with E-state index in [0.29, 0.717) is 0 Å². The van der Waals surface area contributed by atoms with Gasteiger partial charge in [-0.05, 0) is 12.1 Å². The normalized spacial score (nSPS) is 11.5. The molecule has 13 heavy (non-hydrogen) atoms. The molecule has 0 aromatic heterocycles. The quantitative estimate of drug-likeness (QED) is 0.317. The van der Waals surface area contributed by atoms with Crippen LogP contribution in [0.5, 0.6) is 11.5 Å². The second-order valence-electron chi connectivity index (χ2n) is 2.29. The largest absolute Gasteiger partial charge is 0.504 e. The summed E-state index contributed by atoms with van der Waals surface area (Å²) in [5, 5.41) is 18.0. The maximum absolute atomic E-state index is 10.6. The molecule has 0 aliphatic carbocycles. The molecular formula is C6H6O5S2. The van der Waals surface area contributed by atoms with Crippen molar-refractivity contribution in [2.24, 2.45) is 0 Å². The first-order valence-corrected chi connectivity index (χ1v) is 4.93. The first kappa shape index (κ1) is 10.2. The third-order valence-corrected chi connectivity index (χ3v) is 2.44. The number of hydrogen-bond acceptors (Lipinski definition) is 5. The van der Waals surface area contributed by atoms with Crippen molar-refractivity contribution >= 4 is 22.7 Å². The molecule has 0 spiro atoms. The Hall–Kier alpha value is -0.920. The molecule has 0 unspecified atom stereocenters. The Bertz CT molecular complexity index is 437. The SMILES string of the molecule is O=S(=O)(O)c1cc(S)cc(O)c1O. The Morgan fingerprint density at radius 1 is 1.23 bits per heavy atom. The molecule has 0 radical (unpaired) electrons. The van der Waals surface area contributed by atoms with Crippen molar-refractivity contribution in [2.75, 3.05) is 0 Å². The van der Waals surface area contributed by atoms with Gasteiger partial charge in [-0.2, -0.15) is 8.42 Å². The lowest BCUT2D eigenvalue weighted by Crippen LogP contribution is -1.98. The van der Waals surface area contributed by atoms with Gasteiger partial charge in [0.05, 0.1) is 0 Å². The van der Waals surface area contributed by atoms with E-state index in [4.69, 9.17) is 14.8 Å². The molecule has 0 saturated carbocycles. The van der Waals surface area contributed by atoms with E-state index < -0.39 is 26.5 Å². The minimum absolute atomic E-state index is 0.114. The lowest BCUT2D eigenvalue weighted by atomic mass is 10.3. The van der Waals surface area contributed by atoms with Crippen LogP contribution in [-0.4, -0.2) is 23.2 Å². The first-order chi connectivity index (χ1) is 5.82. The van der Waals surface area contributed by atoms with Gasteiger partial charge in [0.25, 0.3) is 10.1 Å². The molecule has 0 amide bonds. The van der Waals surface area contributed by atoms with Gasteiger partial charge < -0.3 is 10.2 Å². The van der Waals surface area contributed by atoms with Gasteiger partial charge in [-0.3, -0.25) is 4.55 Å². The van der Waals surface area contributed by atoms with Crippen LogP contribution >= 0.6 is 12.6 Å². The van der Waals surface area contributed by atoms with Crippen molar-refractivity contribution in [1.29, 1.82) is 0 Å². The van der Waals surface area contributed by atoms with E-state index in [-0.39, 0.29) is 4.90 Å². The summed E-state index contributed by atoms with van der Waals surface area (Å²) >= 11 is 3.76. The minimum atomic E-state index is -4.54. The fourth-order valence-corrected chi connectivity index (χ4v) is 1.74. The second kappa shape index (κ2) is 3.09. The lowest BCUT2D eigenvalue weighted by molar-refractivity contribution is 0.387. The smallest absolute Gasteiger partial charge is 0.298 e. The summed E-state index contributed by atoms with van der Waals surface area (Å²) in [6.07, 6.45) is 0. The zero-order valence-electron chi connectivity index (χ0n) is 6.17. The molecular weight excluding hydrogens is 216 g/mol. The zero-order valence-corrected chi connectivity index (χ0v) is 7.88. The van der Waals surface area contributed by atoms with Gasteiger partial charge in [0, 0.05) is 4.90 Å². The third-order valence-electron chi connectivity index (χ3n) is 1.32. The molecule has 1 aromatic carbocycles. The van der Waals surface area contributed by atoms with Crippen molar-refractivity contribution in [3.8, 4) is 11.5 Å².